The number of hydrogen-bond acceptors (Lipinski definition) is 3. The van der Waals surface area contributed by atoms with Crippen LogP contribution < -0.4 is 20.1 Å². The number of anilines is 1. The van der Waals surface area contributed by atoms with E-state index < -0.39 is 6.61 Å². The smallest absolute Gasteiger partial charge is 0.387 e. The summed E-state index contributed by atoms with van der Waals surface area (Å²) in [5, 5.41) is 6.79. The van der Waals surface area contributed by atoms with Crippen LogP contribution in [0, 0.1) is 5.92 Å². The number of benzene rings is 2. The van der Waals surface area contributed by atoms with Crippen LogP contribution in [0.25, 0.3) is 0 Å². The molecule has 2 aromatic carbocycles. The summed E-state index contributed by atoms with van der Waals surface area (Å²) in [6.45, 7) is 1.36. The van der Waals surface area contributed by atoms with Gasteiger partial charge in [0.15, 0.2) is 5.11 Å². The highest BCUT2D eigenvalue weighted by Gasteiger charge is 2.17. The average molecular weight is 380 g/mol. The molecule has 0 spiro atoms. The summed E-state index contributed by atoms with van der Waals surface area (Å²) in [5.74, 6) is 1.19. The molecule has 2 N–H and O–H groups in total. The standard InChI is InChI=1S/C19H22F2N2O2S/c1-12(2)17(13-4-8-15(24-3)9-5-13)23-19(26)22-14-6-10-16(11-7-14)25-18(20)21/h4-12,17-18H,1-3H3,(H2,22,23,26)/t17-/m1/s1. The SMILES string of the molecule is COc1ccc([C@H](NC(=S)Nc2ccc(OC(F)F)cc2)C(C)C)cc1. The first-order valence-electron chi connectivity index (χ1n) is 8.15. The van der Waals surface area contributed by atoms with Gasteiger partial charge in [0.2, 0.25) is 0 Å². The van der Waals surface area contributed by atoms with Crippen molar-refractivity contribution < 1.29 is 18.3 Å². The van der Waals surface area contributed by atoms with Gasteiger partial charge in [-0.2, -0.15) is 8.78 Å². The number of hydrogen-bond donors (Lipinski definition) is 2. The van der Waals surface area contributed by atoms with Crippen molar-refractivity contribution in [3.05, 3.63) is 54.1 Å². The first-order chi connectivity index (χ1) is 12.4. The summed E-state index contributed by atoms with van der Waals surface area (Å²) in [6.07, 6.45) is 0. The maximum absolute atomic E-state index is 12.2. The molecule has 0 saturated carbocycles. The largest absolute Gasteiger partial charge is 0.497 e. The summed E-state index contributed by atoms with van der Waals surface area (Å²) in [4.78, 5) is 0. The zero-order valence-electron chi connectivity index (χ0n) is 14.8. The van der Waals surface area contributed by atoms with E-state index in [4.69, 9.17) is 17.0 Å². The van der Waals surface area contributed by atoms with Crippen molar-refractivity contribution in [1.82, 2.24) is 5.32 Å². The van der Waals surface area contributed by atoms with Crippen LogP contribution in [0.15, 0.2) is 48.5 Å². The van der Waals surface area contributed by atoms with Crippen molar-refractivity contribution in [2.24, 2.45) is 5.92 Å². The maximum atomic E-state index is 12.2. The highest BCUT2D eigenvalue weighted by molar-refractivity contribution is 7.80. The Balaban J connectivity index is 2.00. The summed E-state index contributed by atoms with van der Waals surface area (Å²) < 4.78 is 33.9. The fourth-order valence-electron chi connectivity index (χ4n) is 2.47. The Bertz CT molecular complexity index is 706. The van der Waals surface area contributed by atoms with Crippen LogP contribution in [0.3, 0.4) is 0 Å². The molecular weight excluding hydrogens is 358 g/mol. The Morgan fingerprint density at radius 3 is 2.04 bits per heavy atom. The van der Waals surface area contributed by atoms with Gasteiger partial charge in [-0.25, -0.2) is 0 Å². The molecule has 0 amide bonds. The van der Waals surface area contributed by atoms with Crippen LogP contribution in [0.5, 0.6) is 11.5 Å². The monoisotopic (exact) mass is 380 g/mol. The van der Waals surface area contributed by atoms with Crippen LogP contribution in [-0.2, 0) is 0 Å². The third kappa shape index (κ3) is 5.84. The van der Waals surface area contributed by atoms with Crippen LogP contribution in [-0.4, -0.2) is 18.8 Å². The van der Waals surface area contributed by atoms with E-state index in [1.807, 2.05) is 24.3 Å². The molecule has 1 atom stereocenters. The van der Waals surface area contributed by atoms with Gasteiger partial charge in [0.1, 0.15) is 11.5 Å². The lowest BCUT2D eigenvalue weighted by Gasteiger charge is -2.25. The number of halogens is 2. The maximum Gasteiger partial charge on any atom is 0.387 e. The Morgan fingerprint density at radius 1 is 0.962 bits per heavy atom. The topological polar surface area (TPSA) is 42.5 Å². The molecule has 0 aromatic heterocycles. The molecule has 0 bridgehead atoms. The quantitative estimate of drug-likeness (QED) is 0.663. The minimum absolute atomic E-state index is 0.0161. The molecule has 0 saturated heterocycles. The molecule has 140 valence electrons. The molecule has 0 fully saturated rings. The highest BCUT2D eigenvalue weighted by atomic mass is 32.1. The lowest BCUT2D eigenvalue weighted by Crippen LogP contribution is -2.34. The Kier molecular flexibility index (Phi) is 7.15. The zero-order chi connectivity index (χ0) is 19.1. The van der Waals surface area contributed by atoms with E-state index in [9.17, 15) is 8.78 Å². The van der Waals surface area contributed by atoms with E-state index in [0.29, 0.717) is 16.7 Å². The minimum Gasteiger partial charge on any atom is -0.497 e. The van der Waals surface area contributed by atoms with Crippen LogP contribution >= 0.6 is 12.2 Å². The van der Waals surface area contributed by atoms with Gasteiger partial charge in [0.05, 0.1) is 13.2 Å². The second kappa shape index (κ2) is 9.33. The average Bonchev–Trinajstić information content (AvgIpc) is 2.61. The molecule has 7 heteroatoms. The second-order valence-electron chi connectivity index (χ2n) is 6.00. The Morgan fingerprint density at radius 2 is 1.54 bits per heavy atom. The number of rotatable bonds is 7. The minimum atomic E-state index is -2.84. The van der Waals surface area contributed by atoms with Crippen molar-refractivity contribution in [2.75, 3.05) is 12.4 Å². The van der Waals surface area contributed by atoms with E-state index in [1.165, 1.54) is 12.1 Å². The molecule has 0 radical (unpaired) electrons. The van der Waals surface area contributed by atoms with Gasteiger partial charge in [-0.3, -0.25) is 0 Å². The molecule has 0 aliphatic heterocycles. The van der Waals surface area contributed by atoms with Gasteiger partial charge in [0, 0.05) is 5.69 Å². The molecule has 2 aromatic rings. The third-order valence-corrected chi connectivity index (χ3v) is 3.99. The fourth-order valence-corrected chi connectivity index (χ4v) is 2.72. The summed E-state index contributed by atoms with van der Waals surface area (Å²) in [5.41, 5.74) is 1.77. The van der Waals surface area contributed by atoms with E-state index in [1.54, 1.807) is 19.2 Å². The van der Waals surface area contributed by atoms with E-state index >= 15 is 0 Å². The van der Waals surface area contributed by atoms with Crippen LogP contribution in [0.2, 0.25) is 0 Å². The van der Waals surface area contributed by atoms with Crippen molar-refractivity contribution in [2.45, 2.75) is 26.5 Å². The molecule has 0 aliphatic rings. The Hall–Kier alpha value is -2.41. The van der Waals surface area contributed by atoms with E-state index in [0.717, 1.165) is 11.3 Å². The third-order valence-electron chi connectivity index (χ3n) is 3.77. The van der Waals surface area contributed by atoms with Crippen molar-refractivity contribution in [1.29, 1.82) is 0 Å². The molecule has 2 rings (SSSR count). The number of alkyl halides is 2. The predicted octanol–water partition coefficient (Wildman–Crippen LogP) is 4.98. The normalized spacial score (nSPS) is 12.0. The molecule has 0 unspecified atom stereocenters. The van der Waals surface area contributed by atoms with Crippen molar-refractivity contribution >= 4 is 23.0 Å². The van der Waals surface area contributed by atoms with Gasteiger partial charge in [-0.1, -0.05) is 26.0 Å². The van der Waals surface area contributed by atoms with E-state index in [-0.39, 0.29) is 11.8 Å². The van der Waals surface area contributed by atoms with Gasteiger partial charge >= 0.3 is 6.61 Å². The molecule has 4 nitrogen and oxygen atoms in total. The summed E-state index contributed by atoms with van der Waals surface area (Å²) >= 11 is 5.38. The second-order valence-corrected chi connectivity index (χ2v) is 6.40. The lowest BCUT2D eigenvalue weighted by atomic mass is 9.96. The van der Waals surface area contributed by atoms with Crippen LogP contribution in [0.4, 0.5) is 14.5 Å². The lowest BCUT2D eigenvalue weighted by molar-refractivity contribution is -0.0498. The van der Waals surface area contributed by atoms with Crippen molar-refractivity contribution in [3.63, 3.8) is 0 Å². The van der Waals surface area contributed by atoms with Gasteiger partial charge < -0.3 is 20.1 Å². The van der Waals surface area contributed by atoms with E-state index in [2.05, 4.69) is 29.2 Å². The predicted molar refractivity (Wildman–Crippen MR) is 103 cm³/mol. The molecule has 0 heterocycles. The molecule has 26 heavy (non-hydrogen) atoms. The summed E-state index contributed by atoms with van der Waals surface area (Å²) in [7, 11) is 1.63. The highest BCUT2D eigenvalue weighted by Crippen LogP contribution is 2.24. The number of thiocarbonyl (C=S) groups is 1. The number of ether oxygens (including phenoxy) is 2. The Labute approximate surface area is 157 Å². The first kappa shape index (κ1) is 19.9. The molecule has 0 aliphatic carbocycles. The first-order valence-corrected chi connectivity index (χ1v) is 8.56. The fraction of sp³-hybridized carbons (Fsp3) is 0.316. The number of methoxy groups -OCH3 is 1. The van der Waals surface area contributed by atoms with Gasteiger partial charge in [0.25, 0.3) is 0 Å². The van der Waals surface area contributed by atoms with Gasteiger partial charge in [-0.15, -0.1) is 0 Å². The van der Waals surface area contributed by atoms with Crippen molar-refractivity contribution in [3.8, 4) is 11.5 Å². The molecular formula is C19H22F2N2O2S. The number of nitrogens with one attached hydrogen (secondary N) is 2. The summed E-state index contributed by atoms with van der Waals surface area (Å²) in [6, 6.07) is 14.0. The van der Waals surface area contributed by atoms with Gasteiger partial charge in [-0.05, 0) is 60.1 Å². The van der Waals surface area contributed by atoms with Crippen LogP contribution in [0.1, 0.15) is 25.5 Å². The zero-order valence-corrected chi connectivity index (χ0v) is 15.6.